The van der Waals surface area contributed by atoms with Crippen LogP contribution in [0.15, 0.2) is 0 Å². The number of hydrogen-bond donors (Lipinski definition) is 0. The second-order valence-corrected chi connectivity index (χ2v) is 2.48. The van der Waals surface area contributed by atoms with Crippen LogP contribution in [0.1, 0.15) is 0 Å². The van der Waals surface area contributed by atoms with Gasteiger partial charge in [-0.1, -0.05) is 0 Å². The molecule has 9 heavy (non-hydrogen) atoms. The SMILES string of the molecule is O=P1([O-])OCCOO1.[K+]. The van der Waals surface area contributed by atoms with E-state index in [9.17, 15) is 9.46 Å². The van der Waals surface area contributed by atoms with Gasteiger partial charge in [0.05, 0.1) is 6.61 Å². The Labute approximate surface area is 94.6 Å². The van der Waals surface area contributed by atoms with Crippen molar-refractivity contribution in [2.24, 2.45) is 0 Å². The molecule has 0 aromatic heterocycles. The number of phosphoric ester groups is 1. The van der Waals surface area contributed by atoms with E-state index in [0.29, 0.717) is 0 Å². The number of hydrogen-bond acceptors (Lipinski definition) is 5. The Morgan fingerprint density at radius 2 is 2.11 bits per heavy atom. The molecule has 48 valence electrons. The van der Waals surface area contributed by atoms with Gasteiger partial charge in [0.1, 0.15) is 6.61 Å². The Balaban J connectivity index is 0.000000640. The van der Waals surface area contributed by atoms with Crippen molar-refractivity contribution in [3.63, 3.8) is 0 Å². The minimum Gasteiger partial charge on any atom is -0.754 e. The Morgan fingerprint density at radius 3 is 2.33 bits per heavy atom. The summed E-state index contributed by atoms with van der Waals surface area (Å²) in [5.41, 5.74) is 0. The first-order valence-electron chi connectivity index (χ1n) is 1.97. The molecule has 0 aliphatic carbocycles. The molecular weight excluding hydrogens is 174 g/mol. The molecule has 5 nitrogen and oxygen atoms in total. The van der Waals surface area contributed by atoms with Crippen LogP contribution in [0.25, 0.3) is 0 Å². The summed E-state index contributed by atoms with van der Waals surface area (Å²) in [5, 5.41) is 0. The summed E-state index contributed by atoms with van der Waals surface area (Å²) in [6, 6.07) is 0. The van der Waals surface area contributed by atoms with E-state index in [2.05, 4.69) is 14.1 Å². The molecule has 0 aromatic rings. The molecule has 0 spiro atoms. The zero-order valence-electron chi connectivity index (χ0n) is 4.90. The summed E-state index contributed by atoms with van der Waals surface area (Å²) >= 11 is 0. The van der Waals surface area contributed by atoms with Gasteiger partial charge in [-0.15, -0.1) is 0 Å². The van der Waals surface area contributed by atoms with E-state index < -0.39 is 7.82 Å². The fraction of sp³-hybridized carbons (Fsp3) is 1.00. The van der Waals surface area contributed by atoms with Gasteiger partial charge in [-0.25, -0.2) is 4.89 Å². The maximum Gasteiger partial charge on any atom is 1.00 e. The summed E-state index contributed by atoms with van der Waals surface area (Å²) in [5.74, 6) is 0. The molecule has 0 aromatic carbocycles. The van der Waals surface area contributed by atoms with Gasteiger partial charge < -0.3 is 9.42 Å². The molecule has 1 unspecified atom stereocenters. The molecule has 1 rings (SSSR count). The predicted octanol–water partition coefficient (Wildman–Crippen LogP) is -3.56. The Bertz CT molecular complexity index is 116. The minimum absolute atomic E-state index is 0. The molecule has 0 radical (unpaired) electrons. The first kappa shape index (κ1) is 10.7. The van der Waals surface area contributed by atoms with Gasteiger partial charge in [0.25, 0.3) is 7.82 Å². The van der Waals surface area contributed by atoms with Gasteiger partial charge in [-0.3, -0.25) is 4.57 Å². The molecule has 0 amide bonds. The summed E-state index contributed by atoms with van der Waals surface area (Å²) in [4.78, 5) is 14.2. The summed E-state index contributed by atoms with van der Waals surface area (Å²) in [6.07, 6.45) is 0. The van der Waals surface area contributed by atoms with Gasteiger partial charge >= 0.3 is 51.4 Å². The molecule has 0 bridgehead atoms. The molecule has 0 N–H and O–H groups in total. The zero-order valence-corrected chi connectivity index (χ0v) is 8.92. The van der Waals surface area contributed by atoms with Crippen molar-refractivity contribution in [3.05, 3.63) is 0 Å². The molecule has 1 aliphatic rings. The number of phosphoric acid groups is 1. The normalized spacial score (nSPS) is 35.2. The van der Waals surface area contributed by atoms with Crippen molar-refractivity contribution >= 4 is 7.82 Å². The second-order valence-electron chi connectivity index (χ2n) is 1.18. The molecule has 1 saturated heterocycles. The third-order valence-corrected chi connectivity index (χ3v) is 1.35. The van der Waals surface area contributed by atoms with Crippen molar-refractivity contribution < 1.29 is 74.9 Å². The van der Waals surface area contributed by atoms with E-state index in [1.807, 2.05) is 0 Å². The van der Waals surface area contributed by atoms with E-state index >= 15 is 0 Å². The first-order valence-corrected chi connectivity index (χ1v) is 3.43. The van der Waals surface area contributed by atoms with Crippen LogP contribution in [0.5, 0.6) is 0 Å². The molecule has 1 heterocycles. The summed E-state index contributed by atoms with van der Waals surface area (Å²) in [7, 11) is -4.06. The van der Waals surface area contributed by atoms with Crippen molar-refractivity contribution in [1.29, 1.82) is 0 Å². The Hall–Kier alpha value is 1.71. The summed E-state index contributed by atoms with van der Waals surface area (Å²) < 4.78 is 18.0. The standard InChI is InChI=1S/C2H5O5P.K/c3-8(4)6-2-1-5-7-8;/h1-2H2,(H,3,4);/q;+1/p-1. The second kappa shape index (κ2) is 4.56. The van der Waals surface area contributed by atoms with Crippen LogP contribution in [0.3, 0.4) is 0 Å². The van der Waals surface area contributed by atoms with Crippen LogP contribution in [0.2, 0.25) is 0 Å². The molecule has 0 saturated carbocycles. The molecule has 7 heteroatoms. The fourth-order valence-corrected chi connectivity index (χ4v) is 0.851. The van der Waals surface area contributed by atoms with Crippen LogP contribution in [0, 0.1) is 0 Å². The van der Waals surface area contributed by atoms with E-state index in [0.717, 1.165) is 0 Å². The van der Waals surface area contributed by atoms with Crippen molar-refractivity contribution in [3.8, 4) is 0 Å². The van der Waals surface area contributed by atoms with Crippen LogP contribution in [0.4, 0.5) is 0 Å². The van der Waals surface area contributed by atoms with E-state index in [1.54, 1.807) is 0 Å². The van der Waals surface area contributed by atoms with E-state index in [1.165, 1.54) is 0 Å². The van der Waals surface area contributed by atoms with E-state index in [-0.39, 0.29) is 64.6 Å². The molecular formula is C2H4KO5P. The Morgan fingerprint density at radius 1 is 1.44 bits per heavy atom. The van der Waals surface area contributed by atoms with Crippen LogP contribution in [-0.4, -0.2) is 13.2 Å². The maximum atomic E-state index is 10.1. The average molecular weight is 178 g/mol. The quantitative estimate of drug-likeness (QED) is 0.218. The largest absolute Gasteiger partial charge is 1.00 e. The van der Waals surface area contributed by atoms with Gasteiger partial charge in [0, 0.05) is 0 Å². The van der Waals surface area contributed by atoms with Gasteiger partial charge in [-0.05, 0) is 0 Å². The predicted molar refractivity (Wildman–Crippen MR) is 20.6 cm³/mol. The van der Waals surface area contributed by atoms with Crippen LogP contribution in [-0.2, 0) is 18.7 Å². The molecule has 1 aliphatic heterocycles. The third-order valence-electron chi connectivity index (χ3n) is 0.560. The first-order chi connectivity index (χ1) is 3.71. The van der Waals surface area contributed by atoms with Gasteiger partial charge in [0.15, 0.2) is 0 Å². The topological polar surface area (TPSA) is 67.8 Å². The third kappa shape index (κ3) is 4.21. The Kier molecular flexibility index (Phi) is 5.42. The minimum atomic E-state index is -4.06. The van der Waals surface area contributed by atoms with Crippen molar-refractivity contribution in [1.82, 2.24) is 0 Å². The van der Waals surface area contributed by atoms with Crippen molar-refractivity contribution in [2.45, 2.75) is 0 Å². The monoisotopic (exact) mass is 178 g/mol. The maximum absolute atomic E-state index is 10.1. The van der Waals surface area contributed by atoms with Crippen molar-refractivity contribution in [2.75, 3.05) is 13.2 Å². The van der Waals surface area contributed by atoms with Crippen LogP contribution >= 0.6 is 7.82 Å². The average Bonchev–Trinajstić information content (AvgIpc) is 1.65. The van der Waals surface area contributed by atoms with Gasteiger partial charge in [-0.2, -0.15) is 4.67 Å². The summed E-state index contributed by atoms with van der Waals surface area (Å²) in [6.45, 7) is 0.201. The number of rotatable bonds is 0. The van der Waals surface area contributed by atoms with Gasteiger partial charge in [0.2, 0.25) is 0 Å². The molecule has 1 atom stereocenters. The molecule has 1 fully saturated rings. The smallest absolute Gasteiger partial charge is 0.754 e. The van der Waals surface area contributed by atoms with E-state index in [4.69, 9.17) is 0 Å². The zero-order chi connectivity index (χ0) is 6.04. The fourth-order valence-electron chi connectivity index (χ4n) is 0.306. The van der Waals surface area contributed by atoms with Crippen LogP contribution < -0.4 is 56.3 Å².